The Kier molecular flexibility index (Phi) is 5.29. The number of anilines is 1. The van der Waals surface area contributed by atoms with E-state index in [-0.39, 0.29) is 17.1 Å². The van der Waals surface area contributed by atoms with Gasteiger partial charge in [0.05, 0.1) is 18.4 Å². The summed E-state index contributed by atoms with van der Waals surface area (Å²) in [6, 6.07) is 16.1. The molecule has 8 heteroatoms. The minimum absolute atomic E-state index is 0.211. The maximum Gasteiger partial charge on any atom is 0.338 e. The van der Waals surface area contributed by atoms with Crippen LogP contribution in [0.15, 0.2) is 73.2 Å². The lowest BCUT2D eigenvalue weighted by Gasteiger charge is -2.10. The summed E-state index contributed by atoms with van der Waals surface area (Å²) in [6.07, 6.45) is 5.05. The van der Waals surface area contributed by atoms with E-state index in [1.165, 1.54) is 19.2 Å². The van der Waals surface area contributed by atoms with Crippen molar-refractivity contribution in [2.45, 2.75) is 0 Å². The number of benzene rings is 1. The summed E-state index contributed by atoms with van der Waals surface area (Å²) in [5.74, 6) is -0.748. The second-order valence-electron chi connectivity index (χ2n) is 6.35. The lowest BCUT2D eigenvalue weighted by atomic mass is 10.0. The van der Waals surface area contributed by atoms with Crippen molar-refractivity contribution in [2.75, 3.05) is 12.4 Å². The van der Waals surface area contributed by atoms with Gasteiger partial charge in [-0.2, -0.15) is 5.10 Å². The Hall–Kier alpha value is -4.33. The molecule has 2 N–H and O–H groups in total. The van der Waals surface area contributed by atoms with E-state index in [2.05, 4.69) is 25.5 Å². The molecule has 8 nitrogen and oxygen atoms in total. The number of methoxy groups -OCH3 is 1. The molecule has 0 spiro atoms. The predicted octanol–water partition coefficient (Wildman–Crippen LogP) is 3.57. The van der Waals surface area contributed by atoms with E-state index in [1.807, 2.05) is 36.4 Å². The molecule has 3 aromatic heterocycles. The quantitative estimate of drug-likeness (QED) is 0.497. The summed E-state index contributed by atoms with van der Waals surface area (Å²) in [7, 11) is 1.30. The smallest absolute Gasteiger partial charge is 0.338 e. The van der Waals surface area contributed by atoms with Crippen LogP contribution in [-0.2, 0) is 4.74 Å². The highest BCUT2D eigenvalue weighted by Gasteiger charge is 2.15. The molecule has 0 saturated heterocycles. The lowest BCUT2D eigenvalue weighted by molar-refractivity contribution is 0.0600. The maximum absolute atomic E-state index is 12.3. The average Bonchev–Trinajstić information content (AvgIpc) is 3.34. The van der Waals surface area contributed by atoms with Crippen molar-refractivity contribution in [3.63, 3.8) is 0 Å². The molecule has 0 aliphatic carbocycles. The van der Waals surface area contributed by atoms with Crippen molar-refractivity contribution in [1.29, 1.82) is 0 Å². The Morgan fingerprint density at radius 2 is 1.80 bits per heavy atom. The van der Waals surface area contributed by atoms with Crippen molar-refractivity contribution in [1.82, 2.24) is 20.2 Å². The van der Waals surface area contributed by atoms with Crippen LogP contribution in [-0.4, -0.2) is 39.2 Å². The van der Waals surface area contributed by atoms with Gasteiger partial charge in [-0.15, -0.1) is 0 Å². The predicted molar refractivity (Wildman–Crippen MR) is 111 cm³/mol. The molecule has 0 saturated carbocycles. The topological polar surface area (TPSA) is 110 Å². The summed E-state index contributed by atoms with van der Waals surface area (Å²) in [6.45, 7) is 0. The summed E-state index contributed by atoms with van der Waals surface area (Å²) in [4.78, 5) is 33.0. The van der Waals surface area contributed by atoms with Crippen molar-refractivity contribution in [3.8, 4) is 22.4 Å². The molecule has 0 aliphatic heterocycles. The van der Waals surface area contributed by atoms with Crippen LogP contribution >= 0.6 is 0 Å². The third-order valence-electron chi connectivity index (χ3n) is 4.40. The van der Waals surface area contributed by atoms with Crippen LogP contribution in [0.3, 0.4) is 0 Å². The van der Waals surface area contributed by atoms with Crippen LogP contribution < -0.4 is 5.32 Å². The van der Waals surface area contributed by atoms with Gasteiger partial charge in [0.1, 0.15) is 11.5 Å². The van der Waals surface area contributed by atoms with Gasteiger partial charge >= 0.3 is 5.97 Å². The van der Waals surface area contributed by atoms with E-state index in [9.17, 15) is 9.59 Å². The highest BCUT2D eigenvalue weighted by Crippen LogP contribution is 2.25. The van der Waals surface area contributed by atoms with Crippen molar-refractivity contribution in [2.24, 2.45) is 0 Å². The first-order valence-corrected chi connectivity index (χ1v) is 9.06. The minimum Gasteiger partial charge on any atom is -0.465 e. The number of H-pyrrole nitrogens is 1. The molecular formula is C22H17N5O3. The lowest BCUT2D eigenvalue weighted by Crippen LogP contribution is -2.14. The summed E-state index contributed by atoms with van der Waals surface area (Å²) >= 11 is 0. The first kappa shape index (κ1) is 19.0. The number of hydrogen-bond donors (Lipinski definition) is 2. The second-order valence-corrected chi connectivity index (χ2v) is 6.35. The third kappa shape index (κ3) is 4.07. The fraction of sp³-hybridized carbons (Fsp3) is 0.0455. The largest absolute Gasteiger partial charge is 0.465 e. The number of hydrogen-bond acceptors (Lipinski definition) is 6. The fourth-order valence-electron chi connectivity index (χ4n) is 2.91. The van der Waals surface area contributed by atoms with E-state index >= 15 is 0 Å². The molecule has 148 valence electrons. The summed E-state index contributed by atoms with van der Waals surface area (Å²) in [5, 5.41) is 9.09. The van der Waals surface area contributed by atoms with Crippen LogP contribution in [0.4, 0.5) is 5.82 Å². The number of pyridine rings is 2. The van der Waals surface area contributed by atoms with Gasteiger partial charge in [-0.25, -0.2) is 9.78 Å². The molecule has 3 heterocycles. The molecule has 1 amide bonds. The van der Waals surface area contributed by atoms with E-state index in [1.54, 1.807) is 24.7 Å². The van der Waals surface area contributed by atoms with Crippen molar-refractivity contribution >= 4 is 17.7 Å². The summed E-state index contributed by atoms with van der Waals surface area (Å²) < 4.78 is 4.83. The van der Waals surface area contributed by atoms with Crippen LogP contribution in [0, 0.1) is 0 Å². The average molecular weight is 399 g/mol. The van der Waals surface area contributed by atoms with Gasteiger partial charge in [-0.3, -0.25) is 14.9 Å². The zero-order valence-electron chi connectivity index (χ0n) is 16.0. The molecule has 0 bridgehead atoms. The third-order valence-corrected chi connectivity index (χ3v) is 4.40. The van der Waals surface area contributed by atoms with Gasteiger partial charge < -0.3 is 10.1 Å². The number of carbonyl (C=O) groups is 2. The number of aromatic nitrogens is 4. The van der Waals surface area contributed by atoms with Crippen LogP contribution in [0.2, 0.25) is 0 Å². The zero-order valence-corrected chi connectivity index (χ0v) is 16.0. The number of rotatable bonds is 5. The Labute approximate surface area is 172 Å². The van der Waals surface area contributed by atoms with Crippen molar-refractivity contribution in [3.05, 3.63) is 84.4 Å². The normalized spacial score (nSPS) is 10.4. The Bertz CT molecular complexity index is 1170. The number of esters is 1. The van der Waals surface area contributed by atoms with Crippen LogP contribution in [0.5, 0.6) is 0 Å². The van der Waals surface area contributed by atoms with Gasteiger partial charge in [-0.1, -0.05) is 30.3 Å². The highest BCUT2D eigenvalue weighted by atomic mass is 16.5. The number of ether oxygens (including phenoxy) is 1. The SMILES string of the molecule is COC(=O)c1cc(NC(=O)c2cc[nH]n2)nc(-c2ccc(-c3cccnc3)cc2)c1. The molecule has 4 rings (SSSR count). The van der Waals surface area contributed by atoms with Gasteiger partial charge in [-0.05, 0) is 35.4 Å². The number of aromatic amines is 1. The molecule has 30 heavy (non-hydrogen) atoms. The first-order chi connectivity index (χ1) is 14.6. The first-order valence-electron chi connectivity index (χ1n) is 9.06. The molecule has 4 aromatic rings. The summed E-state index contributed by atoms with van der Waals surface area (Å²) in [5.41, 5.74) is 3.78. The standard InChI is InChI=1S/C22H17N5O3/c1-30-22(29)17-11-19(25-20(12-17)26-21(28)18-8-10-24-27-18)15-6-4-14(5-7-15)16-3-2-9-23-13-16/h2-13H,1H3,(H,24,27)(H,25,26,28). The van der Waals surface area contributed by atoms with E-state index < -0.39 is 11.9 Å². The number of amides is 1. The molecule has 0 atom stereocenters. The van der Waals surface area contributed by atoms with Gasteiger partial charge in [0.25, 0.3) is 5.91 Å². The molecule has 0 unspecified atom stereocenters. The number of carbonyl (C=O) groups excluding carboxylic acids is 2. The van der Waals surface area contributed by atoms with E-state index in [0.29, 0.717) is 5.69 Å². The van der Waals surface area contributed by atoms with Gasteiger partial charge in [0.2, 0.25) is 0 Å². The molecule has 0 radical (unpaired) electrons. The Morgan fingerprint density at radius 1 is 1.00 bits per heavy atom. The maximum atomic E-state index is 12.3. The van der Waals surface area contributed by atoms with Gasteiger partial charge in [0, 0.05) is 24.2 Å². The molecule has 1 aromatic carbocycles. The fourth-order valence-corrected chi connectivity index (χ4v) is 2.91. The molecule has 0 aliphatic rings. The number of nitrogens with one attached hydrogen (secondary N) is 2. The highest BCUT2D eigenvalue weighted by molar-refractivity contribution is 6.03. The second kappa shape index (κ2) is 8.36. The molecular weight excluding hydrogens is 382 g/mol. The Morgan fingerprint density at radius 3 is 2.47 bits per heavy atom. The minimum atomic E-state index is -0.527. The molecule has 0 fully saturated rings. The zero-order chi connectivity index (χ0) is 20.9. The van der Waals surface area contributed by atoms with E-state index in [0.717, 1.165) is 16.7 Å². The number of nitrogens with zero attached hydrogens (tertiary/aromatic N) is 3. The van der Waals surface area contributed by atoms with Crippen LogP contribution in [0.1, 0.15) is 20.8 Å². The van der Waals surface area contributed by atoms with Crippen LogP contribution in [0.25, 0.3) is 22.4 Å². The monoisotopic (exact) mass is 399 g/mol. The Balaban J connectivity index is 1.68. The van der Waals surface area contributed by atoms with Crippen molar-refractivity contribution < 1.29 is 14.3 Å². The van der Waals surface area contributed by atoms with Gasteiger partial charge in [0.15, 0.2) is 0 Å². The van der Waals surface area contributed by atoms with E-state index in [4.69, 9.17) is 4.74 Å².